The monoisotopic (exact) mass is 376 g/mol. The van der Waals surface area contributed by atoms with Gasteiger partial charge in [-0.25, -0.2) is 0 Å². The van der Waals surface area contributed by atoms with E-state index in [1.165, 1.54) is 12.1 Å². The number of carbonyl (C=O) groups excluding carboxylic acids is 1. The number of ether oxygens (including phenoxy) is 1. The summed E-state index contributed by atoms with van der Waals surface area (Å²) in [7, 11) is 0.697. The zero-order valence-corrected chi connectivity index (χ0v) is 14.6. The number of hydrogen-bond donors (Lipinski definition) is 4. The summed E-state index contributed by atoms with van der Waals surface area (Å²) < 4.78 is 16.2. The van der Waals surface area contributed by atoms with E-state index in [0.29, 0.717) is 38.8 Å². The van der Waals surface area contributed by atoms with Gasteiger partial charge in [-0.05, 0) is 6.42 Å². The number of carbonyl (C=O) groups is 2. The van der Waals surface area contributed by atoms with Crippen molar-refractivity contribution in [2.75, 3.05) is 19.6 Å². The van der Waals surface area contributed by atoms with Gasteiger partial charge >= 0.3 is 126 Å². The second kappa shape index (κ2) is 8.05. The number of nitrogens with one attached hydrogen (secondary N) is 1. The standard InChI is InChI=1S/C17H21BN2O7/c21-10-5-12(19-6-10)16(23)20-7-11(8-20)27-13-2-1-9(3-4-18-26)15(22)14(13)17(24)25/h1-2,10-12,19,21-22H,3-8H2,(H,24,25)/t10-,12+/m1/s1. The number of hydrogen-bond acceptors (Lipinski definition) is 7. The molecule has 144 valence electrons. The number of nitrogens with zero attached hydrogens (tertiary/aromatic N) is 1. The van der Waals surface area contributed by atoms with Crippen molar-refractivity contribution >= 4 is 19.0 Å². The minimum absolute atomic E-state index is 0.0290. The van der Waals surface area contributed by atoms with E-state index in [0.717, 1.165) is 0 Å². The number of likely N-dealkylation sites (tertiary alicyclic amines) is 1. The first-order valence-corrected chi connectivity index (χ1v) is 8.79. The summed E-state index contributed by atoms with van der Waals surface area (Å²) in [5.41, 5.74) is 0.0203. The van der Waals surface area contributed by atoms with Crippen LogP contribution in [0.2, 0.25) is 6.32 Å². The summed E-state index contributed by atoms with van der Waals surface area (Å²) in [4.78, 5) is 25.4. The number of aromatic carboxylic acids is 1. The maximum absolute atomic E-state index is 12.3. The molecule has 0 bridgehead atoms. The fourth-order valence-electron chi connectivity index (χ4n) is 3.33. The molecule has 0 aliphatic carbocycles. The van der Waals surface area contributed by atoms with Gasteiger partial charge in [0.1, 0.15) is 0 Å². The van der Waals surface area contributed by atoms with Crippen LogP contribution in [0.5, 0.6) is 11.5 Å². The quantitative estimate of drug-likeness (QED) is 0.464. The summed E-state index contributed by atoms with van der Waals surface area (Å²) >= 11 is 0. The Bertz CT molecular complexity index is 751. The minimum atomic E-state index is -1.33. The first-order valence-electron chi connectivity index (χ1n) is 8.79. The van der Waals surface area contributed by atoms with Crippen LogP contribution in [-0.4, -0.2) is 77.1 Å². The van der Waals surface area contributed by atoms with Crippen LogP contribution in [0.1, 0.15) is 22.3 Å². The summed E-state index contributed by atoms with van der Waals surface area (Å²) in [6.07, 6.45) is -0.108. The zero-order valence-electron chi connectivity index (χ0n) is 14.6. The van der Waals surface area contributed by atoms with E-state index in [9.17, 15) is 29.6 Å². The van der Waals surface area contributed by atoms with Gasteiger partial charge in [0.05, 0.1) is 6.10 Å². The number of carboxylic acids is 1. The average molecular weight is 376 g/mol. The Morgan fingerprint density at radius 2 is 2.07 bits per heavy atom. The molecule has 0 radical (unpaired) electrons. The third kappa shape index (κ3) is 4.11. The van der Waals surface area contributed by atoms with Crippen molar-refractivity contribution in [3.05, 3.63) is 23.3 Å². The molecule has 4 N–H and O–H groups in total. The topological polar surface area (TPSA) is 136 Å². The number of amides is 1. The van der Waals surface area contributed by atoms with Crippen LogP contribution in [0.25, 0.3) is 0 Å². The number of benzene rings is 1. The fourth-order valence-corrected chi connectivity index (χ4v) is 3.33. The van der Waals surface area contributed by atoms with Crippen LogP contribution in [0.3, 0.4) is 0 Å². The van der Waals surface area contributed by atoms with Gasteiger partial charge in [-0.3, -0.25) is 0 Å². The van der Waals surface area contributed by atoms with Gasteiger partial charge < -0.3 is 10.4 Å². The number of phenols is 1. The molecule has 1 aromatic carbocycles. The van der Waals surface area contributed by atoms with Crippen LogP contribution in [0, 0.1) is 0 Å². The Balaban J connectivity index is 1.63. The van der Waals surface area contributed by atoms with E-state index in [2.05, 4.69) is 5.32 Å². The molecule has 2 heterocycles. The molecule has 2 fully saturated rings. The predicted molar refractivity (Wildman–Crippen MR) is 93.4 cm³/mol. The van der Waals surface area contributed by atoms with Crippen LogP contribution >= 0.6 is 0 Å². The molecule has 9 nitrogen and oxygen atoms in total. The Labute approximate surface area is 156 Å². The van der Waals surface area contributed by atoms with E-state index in [4.69, 9.17) is 4.74 Å². The number of aryl methyl sites for hydroxylation is 1. The van der Waals surface area contributed by atoms with E-state index < -0.39 is 23.9 Å². The van der Waals surface area contributed by atoms with Gasteiger partial charge in [0, 0.05) is 6.54 Å². The van der Waals surface area contributed by atoms with E-state index in [-0.39, 0.29) is 36.1 Å². The predicted octanol–water partition coefficient (Wildman–Crippen LogP) is -0.587. The normalized spacial score (nSPS) is 22.2. The van der Waals surface area contributed by atoms with Crippen molar-refractivity contribution in [3.63, 3.8) is 0 Å². The van der Waals surface area contributed by atoms with Gasteiger partial charge in [0.2, 0.25) is 0 Å². The average Bonchev–Trinajstić information content (AvgIpc) is 3.02. The van der Waals surface area contributed by atoms with Crippen molar-refractivity contribution in [3.8, 4) is 11.5 Å². The summed E-state index contributed by atoms with van der Waals surface area (Å²) in [5.74, 6) is -1.82. The number of β-amino-alcohol motifs (C(OH)–C–C–N with tert-alkyl or cyclic N) is 1. The van der Waals surface area contributed by atoms with Crippen LogP contribution in [-0.2, 0) is 15.9 Å². The Morgan fingerprint density at radius 3 is 2.67 bits per heavy atom. The van der Waals surface area contributed by atoms with Crippen molar-refractivity contribution in [1.29, 1.82) is 0 Å². The molecular formula is C17H21BN2O7. The third-order valence-corrected chi connectivity index (χ3v) is 4.83. The number of aliphatic hydroxyl groups excluding tert-OH is 1. The Hall–Kier alpha value is -2.46. The third-order valence-electron chi connectivity index (χ3n) is 4.83. The molecule has 27 heavy (non-hydrogen) atoms. The van der Waals surface area contributed by atoms with Crippen LogP contribution in [0.4, 0.5) is 0 Å². The first kappa shape index (κ1) is 19.3. The summed E-state index contributed by atoms with van der Waals surface area (Å²) in [6.45, 7) is 1.00. The SMILES string of the molecule is O=BCCc1ccc(OC2CN(C(=O)[C@@H]3C[C@@H](O)CN3)C2)c(C(=O)O)c1O. The first-order chi connectivity index (χ1) is 12.9. The molecule has 2 aliphatic rings. The molecule has 0 saturated carbocycles. The van der Waals surface area contributed by atoms with E-state index in [1.54, 1.807) is 4.90 Å². The number of rotatable bonds is 7. The Morgan fingerprint density at radius 1 is 1.33 bits per heavy atom. The van der Waals surface area contributed by atoms with Crippen molar-refractivity contribution < 1.29 is 34.4 Å². The molecule has 10 heteroatoms. The second-order valence-corrected chi connectivity index (χ2v) is 6.79. The number of aromatic hydroxyl groups is 1. The molecular weight excluding hydrogens is 355 g/mol. The molecule has 0 aromatic heterocycles. The second-order valence-electron chi connectivity index (χ2n) is 6.79. The molecule has 2 aliphatic heterocycles. The summed E-state index contributed by atoms with van der Waals surface area (Å²) in [5, 5.41) is 32.1. The van der Waals surface area contributed by atoms with Gasteiger partial charge in [0.25, 0.3) is 0 Å². The maximum atomic E-state index is 12.3. The van der Waals surface area contributed by atoms with E-state index >= 15 is 0 Å². The molecule has 0 spiro atoms. The van der Waals surface area contributed by atoms with Gasteiger partial charge in [0.15, 0.2) is 0 Å². The van der Waals surface area contributed by atoms with Crippen molar-refractivity contribution in [1.82, 2.24) is 10.2 Å². The van der Waals surface area contributed by atoms with Gasteiger partial charge in [-0.2, -0.15) is 0 Å². The molecule has 1 amide bonds. The number of carboxylic acid groups (broad SMARTS) is 1. The molecule has 3 rings (SSSR count). The molecule has 1 aromatic rings. The molecule has 2 atom stereocenters. The van der Waals surface area contributed by atoms with Crippen LogP contribution in [0.15, 0.2) is 12.1 Å². The number of aliphatic hydroxyl groups is 1. The van der Waals surface area contributed by atoms with E-state index in [1.807, 2.05) is 0 Å². The van der Waals surface area contributed by atoms with Crippen molar-refractivity contribution in [2.45, 2.75) is 37.4 Å². The fraction of sp³-hybridized carbons (Fsp3) is 0.529. The van der Waals surface area contributed by atoms with Crippen molar-refractivity contribution in [2.24, 2.45) is 0 Å². The van der Waals surface area contributed by atoms with Gasteiger partial charge in [-0.1, -0.05) is 0 Å². The molecule has 0 unspecified atom stereocenters. The zero-order chi connectivity index (χ0) is 19.6. The molecule has 2 saturated heterocycles. The van der Waals surface area contributed by atoms with Gasteiger partial charge in [-0.15, -0.1) is 0 Å². The Kier molecular flexibility index (Phi) is 5.76. The van der Waals surface area contributed by atoms with Crippen LogP contribution < -0.4 is 10.1 Å². The summed E-state index contributed by atoms with van der Waals surface area (Å²) in [6, 6.07) is 2.59.